The fourth-order valence-electron chi connectivity index (χ4n) is 3.92. The molecule has 0 spiro atoms. The first-order chi connectivity index (χ1) is 12.6. The molecule has 0 amide bonds. The average Bonchev–Trinajstić information content (AvgIpc) is 3.11. The molecule has 0 bridgehead atoms. The van der Waals surface area contributed by atoms with Crippen molar-refractivity contribution in [2.75, 3.05) is 7.11 Å². The van der Waals surface area contributed by atoms with Crippen LogP contribution in [0.4, 0.5) is 0 Å². The third-order valence-electron chi connectivity index (χ3n) is 5.23. The van der Waals surface area contributed by atoms with Gasteiger partial charge in [-0.1, -0.05) is 42.8 Å². The molecular weight excluding hydrogens is 348 g/mol. The van der Waals surface area contributed by atoms with Crippen molar-refractivity contribution in [1.29, 1.82) is 0 Å². The van der Waals surface area contributed by atoms with Gasteiger partial charge in [-0.05, 0) is 78.8 Å². The summed E-state index contributed by atoms with van der Waals surface area (Å²) in [4.78, 5) is 16.2. The molecule has 2 aromatic rings. The van der Waals surface area contributed by atoms with Crippen LogP contribution in [0.1, 0.15) is 55.6 Å². The van der Waals surface area contributed by atoms with Gasteiger partial charge in [0.25, 0.3) is 0 Å². The van der Waals surface area contributed by atoms with Crippen LogP contribution in [0.2, 0.25) is 5.02 Å². The zero-order chi connectivity index (χ0) is 18.9. The highest BCUT2D eigenvalue weighted by atomic mass is 35.5. The van der Waals surface area contributed by atoms with Gasteiger partial charge in [0.2, 0.25) is 0 Å². The first-order valence-corrected chi connectivity index (χ1v) is 9.33. The predicted octanol–water partition coefficient (Wildman–Crippen LogP) is 5.84. The molecule has 26 heavy (non-hydrogen) atoms. The minimum absolute atomic E-state index is 0.250. The first kappa shape index (κ1) is 20.2. The van der Waals surface area contributed by atoms with Gasteiger partial charge in [-0.2, -0.15) is 9.59 Å². The molecule has 0 N–H and O–H groups in total. The summed E-state index contributed by atoms with van der Waals surface area (Å²) in [5.74, 6) is 3.04. The third kappa shape index (κ3) is 5.72. The minimum atomic E-state index is 0.250. The number of hydrogen-bond donors (Lipinski definition) is 0. The minimum Gasteiger partial charge on any atom is -0.497 e. The van der Waals surface area contributed by atoms with Crippen LogP contribution in [0.5, 0.6) is 5.75 Å². The van der Waals surface area contributed by atoms with Crippen molar-refractivity contribution in [2.24, 2.45) is 5.92 Å². The van der Waals surface area contributed by atoms with Crippen LogP contribution >= 0.6 is 11.6 Å². The lowest BCUT2D eigenvalue weighted by Crippen LogP contribution is -2.03. The first-order valence-electron chi connectivity index (χ1n) is 8.96. The molecule has 1 aliphatic rings. The Bertz CT molecular complexity index is 720. The lowest BCUT2D eigenvalue weighted by Gasteiger charge is -2.18. The van der Waals surface area contributed by atoms with E-state index in [1.54, 1.807) is 7.11 Å². The van der Waals surface area contributed by atoms with E-state index in [1.807, 2.05) is 6.07 Å². The van der Waals surface area contributed by atoms with E-state index in [0.717, 1.165) is 16.7 Å². The van der Waals surface area contributed by atoms with E-state index >= 15 is 0 Å². The Morgan fingerprint density at radius 1 is 1.15 bits per heavy atom. The Morgan fingerprint density at radius 3 is 2.46 bits per heavy atom. The maximum absolute atomic E-state index is 8.12. The molecular formula is C22H25ClO3. The van der Waals surface area contributed by atoms with Crippen LogP contribution < -0.4 is 4.74 Å². The van der Waals surface area contributed by atoms with Crippen LogP contribution in [0.3, 0.4) is 0 Å². The van der Waals surface area contributed by atoms with Crippen molar-refractivity contribution in [3.63, 3.8) is 0 Å². The van der Waals surface area contributed by atoms with Gasteiger partial charge in [-0.15, -0.1) is 0 Å². The molecule has 0 aliphatic heterocycles. The summed E-state index contributed by atoms with van der Waals surface area (Å²) in [6.07, 6.45) is 5.45. The van der Waals surface area contributed by atoms with E-state index in [1.165, 1.54) is 36.8 Å². The summed E-state index contributed by atoms with van der Waals surface area (Å²) in [6.45, 7) is 2.33. The zero-order valence-corrected chi connectivity index (χ0v) is 16.0. The second-order valence-corrected chi connectivity index (χ2v) is 7.36. The highest BCUT2D eigenvalue weighted by molar-refractivity contribution is 6.30. The van der Waals surface area contributed by atoms with Gasteiger partial charge in [0.05, 0.1) is 7.11 Å². The number of carbonyl (C=O) groups excluding carboxylic acids is 2. The van der Waals surface area contributed by atoms with Crippen LogP contribution in [0.15, 0.2) is 48.5 Å². The topological polar surface area (TPSA) is 43.4 Å². The maximum Gasteiger partial charge on any atom is 0.373 e. The second-order valence-electron chi connectivity index (χ2n) is 6.92. The molecule has 4 heteroatoms. The van der Waals surface area contributed by atoms with E-state index < -0.39 is 0 Å². The highest BCUT2D eigenvalue weighted by Gasteiger charge is 2.27. The highest BCUT2D eigenvalue weighted by Crippen LogP contribution is 2.42. The lowest BCUT2D eigenvalue weighted by molar-refractivity contribution is -0.191. The largest absolute Gasteiger partial charge is 0.497 e. The van der Waals surface area contributed by atoms with Gasteiger partial charge in [0, 0.05) is 5.02 Å². The van der Waals surface area contributed by atoms with E-state index in [4.69, 9.17) is 25.9 Å². The summed E-state index contributed by atoms with van der Waals surface area (Å²) in [5, 5.41) is 0.844. The van der Waals surface area contributed by atoms with E-state index in [-0.39, 0.29) is 6.15 Å². The van der Waals surface area contributed by atoms with Crippen molar-refractivity contribution < 1.29 is 14.3 Å². The van der Waals surface area contributed by atoms with Crippen LogP contribution in [0, 0.1) is 5.92 Å². The molecule has 138 valence electrons. The standard InChI is InChI=1S/C21H25ClO.CO2/c1-15(18-4-3-5-20(22)14-18)12-16-6-7-19(13-16)17-8-10-21(23-2)11-9-17;2-1-3/h3-5,8-11,14-16,19H,6-7,12-13H2,1-2H3;/t15-,16?,19+;/m0./s1. The maximum atomic E-state index is 8.12. The fourth-order valence-corrected chi connectivity index (χ4v) is 4.12. The number of methoxy groups -OCH3 is 1. The molecule has 1 unspecified atom stereocenters. The second kappa shape index (κ2) is 10.2. The molecule has 0 saturated heterocycles. The SMILES string of the molecule is COc1ccc([C@@H]2CCC(C[C@H](C)c3cccc(Cl)c3)C2)cc1.O=C=O. The number of halogens is 1. The van der Waals surface area contributed by atoms with Crippen molar-refractivity contribution in [2.45, 2.75) is 44.4 Å². The summed E-state index contributed by atoms with van der Waals surface area (Å²) in [7, 11) is 1.72. The van der Waals surface area contributed by atoms with Crippen LogP contribution in [-0.2, 0) is 9.59 Å². The summed E-state index contributed by atoms with van der Waals surface area (Å²) in [5.41, 5.74) is 2.83. The molecule has 3 rings (SSSR count). The number of rotatable bonds is 5. The van der Waals surface area contributed by atoms with Gasteiger partial charge in [0.1, 0.15) is 5.75 Å². The van der Waals surface area contributed by atoms with E-state index in [2.05, 4.69) is 49.4 Å². The van der Waals surface area contributed by atoms with E-state index in [9.17, 15) is 0 Å². The molecule has 0 aromatic heterocycles. The summed E-state index contributed by atoms with van der Waals surface area (Å²) in [6, 6.07) is 16.9. The van der Waals surface area contributed by atoms with Gasteiger partial charge in [0.15, 0.2) is 0 Å². The van der Waals surface area contributed by atoms with Crippen molar-refractivity contribution in [3.8, 4) is 5.75 Å². The molecule has 3 nitrogen and oxygen atoms in total. The van der Waals surface area contributed by atoms with Gasteiger partial charge < -0.3 is 4.74 Å². The van der Waals surface area contributed by atoms with Crippen molar-refractivity contribution in [3.05, 3.63) is 64.7 Å². The van der Waals surface area contributed by atoms with Crippen molar-refractivity contribution in [1.82, 2.24) is 0 Å². The Morgan fingerprint density at radius 2 is 1.85 bits per heavy atom. The Balaban J connectivity index is 0.000000758. The number of hydrogen-bond acceptors (Lipinski definition) is 3. The fraction of sp³-hybridized carbons (Fsp3) is 0.409. The molecule has 3 atom stereocenters. The van der Waals surface area contributed by atoms with Gasteiger partial charge in [-0.3, -0.25) is 0 Å². The average molecular weight is 373 g/mol. The van der Waals surface area contributed by atoms with E-state index in [0.29, 0.717) is 11.8 Å². The summed E-state index contributed by atoms with van der Waals surface area (Å²) >= 11 is 6.12. The molecule has 2 aromatic carbocycles. The summed E-state index contributed by atoms with van der Waals surface area (Å²) < 4.78 is 5.25. The normalized spacial score (nSPS) is 19.8. The molecule has 0 heterocycles. The number of ether oxygens (including phenoxy) is 1. The molecule has 1 saturated carbocycles. The van der Waals surface area contributed by atoms with Crippen LogP contribution in [-0.4, -0.2) is 13.3 Å². The monoisotopic (exact) mass is 372 g/mol. The third-order valence-corrected chi connectivity index (χ3v) is 5.47. The Kier molecular flexibility index (Phi) is 7.90. The predicted molar refractivity (Wildman–Crippen MR) is 103 cm³/mol. The smallest absolute Gasteiger partial charge is 0.373 e. The molecule has 1 fully saturated rings. The molecule has 0 radical (unpaired) electrons. The molecule has 1 aliphatic carbocycles. The van der Waals surface area contributed by atoms with Gasteiger partial charge >= 0.3 is 6.15 Å². The van der Waals surface area contributed by atoms with Crippen LogP contribution in [0.25, 0.3) is 0 Å². The quantitative estimate of drug-likeness (QED) is 0.661. The zero-order valence-electron chi connectivity index (χ0n) is 15.3. The lowest BCUT2D eigenvalue weighted by atomic mass is 9.88. The Labute approximate surface area is 160 Å². The van der Waals surface area contributed by atoms with Gasteiger partial charge in [-0.25, -0.2) is 0 Å². The van der Waals surface area contributed by atoms with Crippen molar-refractivity contribution >= 4 is 17.8 Å². The Hall–Kier alpha value is -2.09. The number of benzene rings is 2.